The number of amides is 1. The van der Waals surface area contributed by atoms with Crippen molar-refractivity contribution in [2.45, 2.75) is 38.6 Å². The number of likely N-dealkylation sites (tertiary alicyclic amines) is 1. The highest BCUT2D eigenvalue weighted by Gasteiger charge is 2.20. The van der Waals surface area contributed by atoms with Crippen molar-refractivity contribution in [2.75, 3.05) is 36.8 Å². The Hall–Kier alpha value is -4.15. The highest BCUT2D eigenvalue weighted by atomic mass is 16.1. The van der Waals surface area contributed by atoms with Gasteiger partial charge in [0.25, 0.3) is 0 Å². The van der Waals surface area contributed by atoms with Gasteiger partial charge in [-0.2, -0.15) is 5.26 Å². The topological polar surface area (TPSA) is 86.0 Å². The maximum Gasteiger partial charge on any atom is 0.221 e. The van der Waals surface area contributed by atoms with Crippen LogP contribution in [-0.2, 0) is 11.3 Å². The number of carbonyl (C=O) groups excluding carboxylic acids is 1. The van der Waals surface area contributed by atoms with E-state index in [0.717, 1.165) is 73.7 Å². The van der Waals surface area contributed by atoms with Crippen LogP contribution >= 0.6 is 0 Å². The van der Waals surface area contributed by atoms with E-state index in [0.29, 0.717) is 18.0 Å². The molecule has 1 amide bonds. The normalized spacial score (nSPS) is 14.3. The minimum atomic E-state index is -0.0330. The van der Waals surface area contributed by atoms with E-state index in [1.54, 1.807) is 6.92 Å². The largest absolute Gasteiger partial charge is 0.356 e. The summed E-state index contributed by atoms with van der Waals surface area (Å²) in [4.78, 5) is 18.8. The van der Waals surface area contributed by atoms with Gasteiger partial charge >= 0.3 is 0 Å². The molecule has 5 rings (SSSR count). The van der Waals surface area contributed by atoms with E-state index in [-0.39, 0.29) is 5.91 Å². The molecule has 1 fully saturated rings. The lowest BCUT2D eigenvalue weighted by Crippen LogP contribution is -2.34. The zero-order valence-electron chi connectivity index (χ0n) is 21.9. The summed E-state index contributed by atoms with van der Waals surface area (Å²) in [6.07, 6.45) is 3.30. The van der Waals surface area contributed by atoms with Crippen molar-refractivity contribution in [1.29, 1.82) is 5.26 Å². The van der Waals surface area contributed by atoms with Crippen molar-refractivity contribution in [3.63, 3.8) is 0 Å². The lowest BCUT2D eigenvalue weighted by molar-refractivity contribution is -0.114. The second-order valence-electron chi connectivity index (χ2n) is 10.0. The molecule has 1 aromatic heterocycles. The van der Waals surface area contributed by atoms with E-state index in [9.17, 15) is 10.1 Å². The third-order valence-electron chi connectivity index (χ3n) is 7.25. The first kappa shape index (κ1) is 25.5. The Balaban J connectivity index is 1.14. The maximum absolute atomic E-state index is 11.4. The lowest BCUT2D eigenvalue weighted by atomic mass is 9.89. The zero-order valence-corrected chi connectivity index (χ0v) is 21.9. The number of aromatic nitrogens is 2. The molecule has 0 unspecified atom stereocenters. The first-order valence-electron chi connectivity index (χ1n) is 13.4. The Bertz CT molecular complexity index is 1440. The number of hydrogen-bond acceptors (Lipinski definition) is 5. The number of para-hydroxylation sites is 2. The summed E-state index contributed by atoms with van der Waals surface area (Å²) >= 11 is 0. The molecular weight excluding hydrogens is 472 g/mol. The van der Waals surface area contributed by atoms with Gasteiger partial charge in [-0.15, -0.1) is 0 Å². The average molecular weight is 507 g/mol. The lowest BCUT2D eigenvalue weighted by Gasteiger charge is -2.32. The van der Waals surface area contributed by atoms with E-state index >= 15 is 0 Å². The van der Waals surface area contributed by atoms with Crippen molar-refractivity contribution in [3.8, 4) is 6.07 Å². The summed E-state index contributed by atoms with van der Waals surface area (Å²) in [5.74, 6) is 1.37. The Kier molecular flexibility index (Phi) is 8.01. The Labute approximate surface area is 224 Å². The molecule has 3 aromatic carbocycles. The van der Waals surface area contributed by atoms with Gasteiger partial charge in [0.15, 0.2) is 0 Å². The standard InChI is InChI=1S/C31H34N6O/c1-23(38)34-28-10-5-9-27(20-28)26-13-17-36(18-14-26)16-6-15-33-31-35-29-11-2-3-12-30(29)37(31)22-25-8-4-7-24(19-25)21-32/h2-5,7-12,19-20,26H,6,13-18,22H2,1H3,(H,33,35)(H,34,38). The van der Waals surface area contributed by atoms with E-state index in [2.05, 4.69) is 50.4 Å². The second-order valence-corrected chi connectivity index (χ2v) is 10.0. The fraction of sp³-hybridized carbons (Fsp3) is 0.323. The Morgan fingerprint density at radius 3 is 2.68 bits per heavy atom. The van der Waals surface area contributed by atoms with E-state index in [1.165, 1.54) is 5.56 Å². The molecule has 0 atom stereocenters. The molecular formula is C31H34N6O. The number of hydrogen-bond donors (Lipinski definition) is 2. The molecule has 0 aliphatic carbocycles. The van der Waals surface area contributed by atoms with Crippen molar-refractivity contribution < 1.29 is 4.79 Å². The van der Waals surface area contributed by atoms with Gasteiger partial charge in [-0.05, 0) is 92.3 Å². The van der Waals surface area contributed by atoms with Crippen LogP contribution in [0.1, 0.15) is 48.8 Å². The summed E-state index contributed by atoms with van der Waals surface area (Å²) in [7, 11) is 0. The number of nitrogens with one attached hydrogen (secondary N) is 2. The Morgan fingerprint density at radius 1 is 1.05 bits per heavy atom. The zero-order chi connectivity index (χ0) is 26.3. The minimum Gasteiger partial charge on any atom is -0.356 e. The number of benzene rings is 3. The van der Waals surface area contributed by atoms with Crippen molar-refractivity contribution in [2.24, 2.45) is 0 Å². The molecule has 194 valence electrons. The number of imidazole rings is 1. The van der Waals surface area contributed by atoms with E-state index in [4.69, 9.17) is 4.98 Å². The minimum absolute atomic E-state index is 0.0330. The molecule has 7 heteroatoms. The predicted molar refractivity (Wildman–Crippen MR) is 152 cm³/mol. The number of nitriles is 1. The van der Waals surface area contributed by atoms with Gasteiger partial charge in [0.2, 0.25) is 11.9 Å². The smallest absolute Gasteiger partial charge is 0.221 e. The number of nitrogens with zero attached hydrogens (tertiary/aromatic N) is 4. The molecule has 38 heavy (non-hydrogen) atoms. The van der Waals surface area contributed by atoms with Crippen LogP contribution in [0.4, 0.5) is 11.6 Å². The molecule has 0 saturated carbocycles. The third-order valence-corrected chi connectivity index (χ3v) is 7.25. The molecule has 2 heterocycles. The van der Waals surface area contributed by atoms with Crippen LogP contribution in [0.25, 0.3) is 11.0 Å². The summed E-state index contributed by atoms with van der Waals surface area (Å²) < 4.78 is 2.20. The summed E-state index contributed by atoms with van der Waals surface area (Å²) in [6, 6.07) is 26.5. The SMILES string of the molecule is CC(=O)Nc1cccc(C2CCN(CCCNc3nc4ccccc4n3Cc3cccc(C#N)c3)CC2)c1. The highest BCUT2D eigenvalue weighted by Crippen LogP contribution is 2.29. The molecule has 0 radical (unpaired) electrons. The molecule has 4 aromatic rings. The molecule has 0 bridgehead atoms. The van der Waals surface area contributed by atoms with Gasteiger partial charge in [-0.25, -0.2) is 4.98 Å². The van der Waals surface area contributed by atoms with Gasteiger partial charge in [-0.1, -0.05) is 36.4 Å². The summed E-state index contributed by atoms with van der Waals surface area (Å²) in [5, 5.41) is 15.7. The number of carbonyl (C=O) groups is 1. The van der Waals surface area contributed by atoms with Crippen LogP contribution in [0.2, 0.25) is 0 Å². The molecule has 2 N–H and O–H groups in total. The van der Waals surface area contributed by atoms with Crippen LogP contribution in [-0.4, -0.2) is 46.5 Å². The first-order chi connectivity index (χ1) is 18.6. The first-order valence-corrected chi connectivity index (χ1v) is 13.4. The van der Waals surface area contributed by atoms with E-state index < -0.39 is 0 Å². The van der Waals surface area contributed by atoms with Crippen LogP contribution < -0.4 is 10.6 Å². The number of piperidine rings is 1. The molecule has 1 aliphatic heterocycles. The quantitative estimate of drug-likeness (QED) is 0.289. The van der Waals surface area contributed by atoms with Crippen LogP contribution in [0, 0.1) is 11.3 Å². The third kappa shape index (κ3) is 6.21. The number of anilines is 2. The monoisotopic (exact) mass is 506 g/mol. The average Bonchev–Trinajstić information content (AvgIpc) is 3.28. The van der Waals surface area contributed by atoms with Crippen LogP contribution in [0.15, 0.2) is 72.8 Å². The Morgan fingerprint density at radius 2 is 1.87 bits per heavy atom. The van der Waals surface area contributed by atoms with Crippen molar-refractivity contribution in [3.05, 3.63) is 89.5 Å². The fourth-order valence-electron chi connectivity index (χ4n) is 5.36. The van der Waals surface area contributed by atoms with E-state index in [1.807, 2.05) is 48.5 Å². The van der Waals surface area contributed by atoms with Crippen LogP contribution in [0.5, 0.6) is 0 Å². The summed E-state index contributed by atoms with van der Waals surface area (Å²) in [5.41, 5.74) is 6.01. The van der Waals surface area contributed by atoms with Crippen molar-refractivity contribution >= 4 is 28.6 Å². The second kappa shape index (κ2) is 11.9. The number of rotatable bonds is 9. The van der Waals surface area contributed by atoms with Gasteiger partial charge in [0, 0.05) is 19.2 Å². The predicted octanol–water partition coefficient (Wildman–Crippen LogP) is 5.60. The highest BCUT2D eigenvalue weighted by molar-refractivity contribution is 5.88. The molecule has 1 aliphatic rings. The van der Waals surface area contributed by atoms with Gasteiger partial charge in [-0.3, -0.25) is 4.79 Å². The van der Waals surface area contributed by atoms with Crippen LogP contribution in [0.3, 0.4) is 0 Å². The molecule has 1 saturated heterocycles. The number of fused-ring (bicyclic) bond motifs is 1. The van der Waals surface area contributed by atoms with Gasteiger partial charge in [0.1, 0.15) is 0 Å². The molecule has 7 nitrogen and oxygen atoms in total. The summed E-state index contributed by atoms with van der Waals surface area (Å²) in [6.45, 7) is 6.28. The van der Waals surface area contributed by atoms with Crippen molar-refractivity contribution in [1.82, 2.24) is 14.5 Å². The maximum atomic E-state index is 11.4. The van der Waals surface area contributed by atoms with Gasteiger partial charge < -0.3 is 20.1 Å². The fourth-order valence-corrected chi connectivity index (χ4v) is 5.36. The molecule has 0 spiro atoms. The van der Waals surface area contributed by atoms with Gasteiger partial charge in [0.05, 0.1) is 29.2 Å².